The van der Waals surface area contributed by atoms with E-state index in [2.05, 4.69) is 21.2 Å². The maximum absolute atomic E-state index is 12.3. The number of ether oxygens (including phenoxy) is 3. The van der Waals surface area contributed by atoms with Gasteiger partial charge in [0.1, 0.15) is 17.2 Å². The van der Waals surface area contributed by atoms with Crippen LogP contribution in [0.1, 0.15) is 6.92 Å². The Labute approximate surface area is 143 Å². The summed E-state index contributed by atoms with van der Waals surface area (Å²) in [5.41, 5.74) is 0.581. The Bertz CT molecular complexity index is 651. The van der Waals surface area contributed by atoms with Gasteiger partial charge in [0, 0.05) is 28.4 Å². The molecular formula is C17H18BrNO4. The number of rotatable bonds is 6. The van der Waals surface area contributed by atoms with E-state index in [0.717, 1.165) is 4.47 Å². The fourth-order valence-electron chi connectivity index (χ4n) is 1.89. The minimum Gasteiger partial charge on any atom is -0.497 e. The largest absolute Gasteiger partial charge is 0.497 e. The van der Waals surface area contributed by atoms with Crippen LogP contribution in [0.2, 0.25) is 0 Å². The van der Waals surface area contributed by atoms with Gasteiger partial charge >= 0.3 is 0 Å². The van der Waals surface area contributed by atoms with Crippen LogP contribution in [0.3, 0.4) is 0 Å². The normalized spacial score (nSPS) is 11.5. The van der Waals surface area contributed by atoms with Gasteiger partial charge in [-0.25, -0.2) is 0 Å². The summed E-state index contributed by atoms with van der Waals surface area (Å²) in [7, 11) is 3.11. The predicted molar refractivity (Wildman–Crippen MR) is 92.4 cm³/mol. The summed E-state index contributed by atoms with van der Waals surface area (Å²) in [4.78, 5) is 12.3. The van der Waals surface area contributed by atoms with Crippen LogP contribution in [0.15, 0.2) is 46.9 Å². The van der Waals surface area contributed by atoms with Gasteiger partial charge in [-0.15, -0.1) is 0 Å². The van der Waals surface area contributed by atoms with Crippen LogP contribution in [0.5, 0.6) is 17.2 Å². The van der Waals surface area contributed by atoms with Gasteiger partial charge in [0.25, 0.3) is 5.91 Å². The Morgan fingerprint density at radius 3 is 2.09 bits per heavy atom. The lowest BCUT2D eigenvalue weighted by Crippen LogP contribution is -2.30. The van der Waals surface area contributed by atoms with Crippen molar-refractivity contribution in [1.82, 2.24) is 0 Å². The number of carbonyl (C=O) groups excluding carboxylic acids is 1. The van der Waals surface area contributed by atoms with Crippen molar-refractivity contribution in [2.45, 2.75) is 13.0 Å². The van der Waals surface area contributed by atoms with Crippen LogP contribution in [-0.4, -0.2) is 26.2 Å². The maximum atomic E-state index is 12.3. The number of hydrogen-bond donors (Lipinski definition) is 1. The topological polar surface area (TPSA) is 56.8 Å². The number of carbonyl (C=O) groups is 1. The fourth-order valence-corrected chi connectivity index (χ4v) is 2.16. The Morgan fingerprint density at radius 1 is 1.00 bits per heavy atom. The third kappa shape index (κ3) is 4.89. The van der Waals surface area contributed by atoms with Gasteiger partial charge in [0.15, 0.2) is 6.10 Å². The van der Waals surface area contributed by atoms with Gasteiger partial charge in [0.05, 0.1) is 14.2 Å². The lowest BCUT2D eigenvalue weighted by Gasteiger charge is -2.15. The van der Waals surface area contributed by atoms with E-state index in [4.69, 9.17) is 14.2 Å². The highest BCUT2D eigenvalue weighted by molar-refractivity contribution is 9.10. The molecular weight excluding hydrogens is 362 g/mol. The first-order valence-electron chi connectivity index (χ1n) is 6.98. The highest BCUT2D eigenvalue weighted by atomic mass is 79.9. The van der Waals surface area contributed by atoms with E-state index in [1.54, 1.807) is 51.5 Å². The molecule has 122 valence electrons. The molecule has 0 saturated carbocycles. The van der Waals surface area contributed by atoms with E-state index < -0.39 is 6.10 Å². The van der Waals surface area contributed by atoms with Crippen LogP contribution >= 0.6 is 15.9 Å². The summed E-state index contributed by atoms with van der Waals surface area (Å²) < 4.78 is 16.9. The number of anilines is 1. The SMILES string of the molecule is COc1cc(NC(=O)[C@@H](C)Oc2ccc(Br)cc2)cc(OC)c1. The first-order valence-corrected chi connectivity index (χ1v) is 7.77. The average Bonchev–Trinajstić information content (AvgIpc) is 2.56. The van der Waals surface area contributed by atoms with Gasteiger partial charge in [0.2, 0.25) is 0 Å². The van der Waals surface area contributed by atoms with Crippen molar-refractivity contribution in [2.24, 2.45) is 0 Å². The van der Waals surface area contributed by atoms with Gasteiger partial charge in [-0.1, -0.05) is 15.9 Å². The van der Waals surface area contributed by atoms with E-state index in [9.17, 15) is 4.79 Å². The molecule has 0 radical (unpaired) electrons. The summed E-state index contributed by atoms with van der Waals surface area (Å²) in [5.74, 6) is 1.56. The van der Waals surface area contributed by atoms with Crippen LogP contribution in [0.4, 0.5) is 5.69 Å². The molecule has 0 unspecified atom stereocenters. The van der Waals surface area contributed by atoms with Gasteiger partial charge in [-0.05, 0) is 31.2 Å². The first kappa shape index (κ1) is 17.1. The molecule has 0 aliphatic carbocycles. The Morgan fingerprint density at radius 2 is 1.57 bits per heavy atom. The highest BCUT2D eigenvalue weighted by Crippen LogP contribution is 2.26. The molecule has 1 amide bonds. The molecule has 2 rings (SSSR count). The second-order valence-corrected chi connectivity index (χ2v) is 5.72. The molecule has 2 aromatic carbocycles. The molecule has 0 spiro atoms. The maximum Gasteiger partial charge on any atom is 0.265 e. The third-order valence-corrected chi connectivity index (χ3v) is 3.64. The zero-order valence-electron chi connectivity index (χ0n) is 13.1. The van der Waals surface area contributed by atoms with E-state index in [0.29, 0.717) is 22.9 Å². The van der Waals surface area contributed by atoms with Gasteiger partial charge in [-0.2, -0.15) is 0 Å². The van der Waals surface area contributed by atoms with Crippen LogP contribution < -0.4 is 19.5 Å². The van der Waals surface area contributed by atoms with E-state index >= 15 is 0 Å². The Hall–Kier alpha value is -2.21. The Kier molecular flexibility index (Phi) is 5.87. The fraction of sp³-hybridized carbons (Fsp3) is 0.235. The zero-order chi connectivity index (χ0) is 16.8. The molecule has 0 fully saturated rings. The predicted octanol–water partition coefficient (Wildman–Crippen LogP) is 3.87. The van der Waals surface area contributed by atoms with Crippen molar-refractivity contribution in [3.8, 4) is 17.2 Å². The van der Waals surface area contributed by atoms with Crippen molar-refractivity contribution in [3.63, 3.8) is 0 Å². The van der Waals surface area contributed by atoms with E-state index in [1.807, 2.05) is 12.1 Å². The Balaban J connectivity index is 2.04. The van der Waals surface area contributed by atoms with Crippen molar-refractivity contribution < 1.29 is 19.0 Å². The molecule has 0 aliphatic heterocycles. The lowest BCUT2D eigenvalue weighted by molar-refractivity contribution is -0.122. The minimum absolute atomic E-state index is 0.261. The third-order valence-electron chi connectivity index (χ3n) is 3.11. The second-order valence-electron chi connectivity index (χ2n) is 4.80. The highest BCUT2D eigenvalue weighted by Gasteiger charge is 2.15. The molecule has 2 aromatic rings. The summed E-state index contributed by atoms with van der Waals surface area (Å²) >= 11 is 3.35. The van der Waals surface area contributed by atoms with Crippen LogP contribution in [-0.2, 0) is 4.79 Å². The molecule has 1 atom stereocenters. The molecule has 0 heterocycles. The minimum atomic E-state index is -0.645. The van der Waals surface area contributed by atoms with Crippen LogP contribution in [0.25, 0.3) is 0 Å². The molecule has 0 saturated heterocycles. The summed E-state index contributed by atoms with van der Waals surface area (Å²) in [6.45, 7) is 1.69. The number of nitrogens with one attached hydrogen (secondary N) is 1. The molecule has 23 heavy (non-hydrogen) atoms. The van der Waals surface area contributed by atoms with Gasteiger partial charge in [-0.3, -0.25) is 4.79 Å². The standard InChI is InChI=1S/C17H18BrNO4/c1-11(23-14-6-4-12(18)5-7-14)17(20)19-13-8-15(21-2)10-16(9-13)22-3/h4-11H,1-3H3,(H,19,20)/t11-/m1/s1. The first-order chi connectivity index (χ1) is 11.0. The molecule has 0 aromatic heterocycles. The van der Waals surface area contributed by atoms with E-state index in [1.165, 1.54) is 0 Å². The quantitative estimate of drug-likeness (QED) is 0.827. The second kappa shape index (κ2) is 7.87. The average molecular weight is 380 g/mol. The summed E-state index contributed by atoms with van der Waals surface area (Å²) in [5, 5.41) is 2.79. The van der Waals surface area contributed by atoms with Gasteiger partial charge < -0.3 is 19.5 Å². The van der Waals surface area contributed by atoms with Crippen molar-refractivity contribution >= 4 is 27.5 Å². The lowest BCUT2D eigenvalue weighted by atomic mass is 10.2. The smallest absolute Gasteiger partial charge is 0.265 e. The van der Waals surface area contributed by atoms with Crippen molar-refractivity contribution in [2.75, 3.05) is 19.5 Å². The monoisotopic (exact) mass is 379 g/mol. The number of benzene rings is 2. The molecule has 1 N–H and O–H groups in total. The zero-order valence-corrected chi connectivity index (χ0v) is 14.7. The number of halogens is 1. The van der Waals surface area contributed by atoms with Crippen molar-refractivity contribution in [3.05, 3.63) is 46.9 Å². The van der Waals surface area contributed by atoms with Crippen molar-refractivity contribution in [1.29, 1.82) is 0 Å². The molecule has 6 heteroatoms. The van der Waals surface area contributed by atoms with Crippen LogP contribution in [0, 0.1) is 0 Å². The number of hydrogen-bond acceptors (Lipinski definition) is 4. The summed E-state index contributed by atoms with van der Waals surface area (Å²) in [6, 6.07) is 12.5. The molecule has 0 aliphatic rings. The molecule has 5 nitrogen and oxygen atoms in total. The summed E-state index contributed by atoms with van der Waals surface area (Å²) in [6.07, 6.45) is -0.645. The number of amides is 1. The molecule has 0 bridgehead atoms. The number of methoxy groups -OCH3 is 2. The van der Waals surface area contributed by atoms with E-state index in [-0.39, 0.29) is 5.91 Å².